The Hall–Kier alpha value is -1.66. The summed E-state index contributed by atoms with van der Waals surface area (Å²) in [7, 11) is 0. The summed E-state index contributed by atoms with van der Waals surface area (Å²) >= 11 is 3.53. The van der Waals surface area contributed by atoms with E-state index in [0.29, 0.717) is 25.3 Å². The smallest absolute Gasteiger partial charge is 0.275 e. The summed E-state index contributed by atoms with van der Waals surface area (Å²) in [5.41, 5.74) is 8.62. The lowest BCUT2D eigenvalue weighted by atomic mass is 9.89. The maximum atomic E-state index is 12.9. The lowest BCUT2D eigenvalue weighted by Crippen LogP contribution is -2.30. The highest BCUT2D eigenvalue weighted by Crippen LogP contribution is 2.34. The number of rotatable bonds is 4. The number of carbonyl (C=O) groups excluding carboxylic acids is 1. The van der Waals surface area contributed by atoms with Crippen LogP contribution in [0.5, 0.6) is 0 Å². The molecule has 0 saturated carbocycles. The molecule has 0 unspecified atom stereocenters. The number of halogens is 1. The lowest BCUT2D eigenvalue weighted by molar-refractivity contribution is 0.0779. The minimum absolute atomic E-state index is 0.0399. The van der Waals surface area contributed by atoms with Crippen molar-refractivity contribution in [2.24, 2.45) is 11.7 Å². The Morgan fingerprint density at radius 3 is 2.67 bits per heavy atom. The molecule has 1 aromatic carbocycles. The molecule has 1 aromatic heterocycles. The molecule has 0 spiro atoms. The van der Waals surface area contributed by atoms with Crippen LogP contribution in [0.3, 0.4) is 0 Å². The van der Waals surface area contributed by atoms with Crippen LogP contribution < -0.4 is 5.73 Å². The summed E-state index contributed by atoms with van der Waals surface area (Å²) in [6, 6.07) is 10.3. The van der Waals surface area contributed by atoms with E-state index in [9.17, 15) is 4.79 Å². The number of nitrogens with one attached hydrogen (secondary N) is 1. The van der Waals surface area contributed by atoms with Crippen molar-refractivity contribution in [1.82, 2.24) is 15.1 Å². The van der Waals surface area contributed by atoms with E-state index in [2.05, 4.69) is 52.1 Å². The number of carbonyl (C=O) groups is 1. The molecule has 6 heteroatoms. The molecule has 5 nitrogen and oxygen atoms in total. The molecule has 2 heterocycles. The number of hydrogen-bond acceptors (Lipinski definition) is 3. The molecule has 1 aliphatic heterocycles. The van der Waals surface area contributed by atoms with E-state index < -0.39 is 0 Å². The van der Waals surface area contributed by atoms with E-state index in [1.54, 1.807) is 0 Å². The van der Waals surface area contributed by atoms with Crippen LogP contribution in [0.2, 0.25) is 0 Å². The molecule has 0 aliphatic carbocycles. The average molecular weight is 391 g/mol. The molecule has 0 bridgehead atoms. The molecular formula is C18H23BrN4O. The summed E-state index contributed by atoms with van der Waals surface area (Å²) in [6.07, 6.45) is 0. The molecule has 128 valence electrons. The SMILES string of the molecule is CC(C)c1[nH]nc(C(=O)N2C[C@@H](CN)[C@H](c3ccccc3)C2)c1Br. The van der Waals surface area contributed by atoms with Crippen molar-refractivity contribution in [2.75, 3.05) is 19.6 Å². The van der Waals surface area contributed by atoms with Crippen LogP contribution in [-0.4, -0.2) is 40.6 Å². The van der Waals surface area contributed by atoms with Gasteiger partial charge in [0.1, 0.15) is 0 Å². The van der Waals surface area contributed by atoms with Gasteiger partial charge in [0.15, 0.2) is 5.69 Å². The van der Waals surface area contributed by atoms with Crippen molar-refractivity contribution in [3.8, 4) is 0 Å². The third-order valence-corrected chi connectivity index (χ3v) is 5.57. The number of H-pyrrole nitrogens is 1. The van der Waals surface area contributed by atoms with Crippen LogP contribution in [0.1, 0.15) is 47.4 Å². The van der Waals surface area contributed by atoms with Gasteiger partial charge in [0, 0.05) is 19.0 Å². The van der Waals surface area contributed by atoms with Crippen molar-refractivity contribution in [3.63, 3.8) is 0 Å². The number of amides is 1. The summed E-state index contributed by atoms with van der Waals surface area (Å²) in [6.45, 7) is 6.06. The van der Waals surface area contributed by atoms with Crippen LogP contribution in [0.15, 0.2) is 34.8 Å². The molecule has 0 radical (unpaired) electrons. The van der Waals surface area contributed by atoms with Gasteiger partial charge in [-0.3, -0.25) is 9.89 Å². The van der Waals surface area contributed by atoms with Crippen molar-refractivity contribution >= 4 is 21.8 Å². The molecule has 3 rings (SSSR count). The fraction of sp³-hybridized carbons (Fsp3) is 0.444. The van der Waals surface area contributed by atoms with Crippen molar-refractivity contribution in [1.29, 1.82) is 0 Å². The summed E-state index contributed by atoms with van der Waals surface area (Å²) in [4.78, 5) is 14.8. The molecule has 1 fully saturated rings. The van der Waals surface area contributed by atoms with Gasteiger partial charge in [-0.1, -0.05) is 44.2 Å². The molecule has 24 heavy (non-hydrogen) atoms. The Kier molecular flexibility index (Phi) is 5.06. The molecular weight excluding hydrogens is 368 g/mol. The van der Waals surface area contributed by atoms with Crippen LogP contribution in [0.4, 0.5) is 0 Å². The first-order valence-electron chi connectivity index (χ1n) is 8.31. The van der Waals surface area contributed by atoms with Crippen LogP contribution in [0.25, 0.3) is 0 Å². The Morgan fingerprint density at radius 2 is 2.08 bits per heavy atom. The predicted octanol–water partition coefficient (Wildman–Crippen LogP) is 3.11. The van der Waals surface area contributed by atoms with Crippen molar-refractivity contribution in [3.05, 3.63) is 51.8 Å². The zero-order valence-corrected chi connectivity index (χ0v) is 15.6. The molecule has 1 amide bonds. The average Bonchev–Trinajstić information content (AvgIpc) is 3.18. The van der Waals surface area contributed by atoms with E-state index in [0.717, 1.165) is 10.2 Å². The monoisotopic (exact) mass is 390 g/mol. The Balaban J connectivity index is 1.82. The Morgan fingerprint density at radius 1 is 1.38 bits per heavy atom. The van der Waals surface area contributed by atoms with Crippen LogP contribution >= 0.6 is 15.9 Å². The second-order valence-corrected chi connectivity index (χ2v) is 7.47. The number of benzene rings is 1. The lowest BCUT2D eigenvalue weighted by Gasteiger charge is -2.16. The molecule has 1 saturated heterocycles. The van der Waals surface area contributed by atoms with Gasteiger partial charge in [-0.25, -0.2) is 0 Å². The Labute approximate surface area is 150 Å². The molecule has 2 aromatic rings. The first-order chi connectivity index (χ1) is 11.5. The normalized spacial score (nSPS) is 20.8. The van der Waals surface area contributed by atoms with Gasteiger partial charge in [0.2, 0.25) is 0 Å². The van der Waals surface area contributed by atoms with E-state index in [1.807, 2.05) is 23.1 Å². The molecule has 2 atom stereocenters. The van der Waals surface area contributed by atoms with Gasteiger partial charge < -0.3 is 10.6 Å². The number of nitrogens with zero attached hydrogens (tertiary/aromatic N) is 2. The van der Waals surface area contributed by atoms with Gasteiger partial charge in [-0.2, -0.15) is 5.10 Å². The first kappa shape index (κ1) is 17.2. The topological polar surface area (TPSA) is 75.0 Å². The third-order valence-electron chi connectivity index (χ3n) is 4.77. The summed E-state index contributed by atoms with van der Waals surface area (Å²) in [5, 5.41) is 7.21. The number of aromatic amines is 1. The first-order valence-corrected chi connectivity index (χ1v) is 9.10. The largest absolute Gasteiger partial charge is 0.336 e. The van der Waals surface area contributed by atoms with Gasteiger partial charge in [-0.15, -0.1) is 0 Å². The molecule has 1 aliphatic rings. The van der Waals surface area contributed by atoms with E-state index in [1.165, 1.54) is 5.56 Å². The maximum absolute atomic E-state index is 12.9. The Bertz CT molecular complexity index is 713. The van der Waals surface area contributed by atoms with Crippen molar-refractivity contribution < 1.29 is 4.79 Å². The second kappa shape index (κ2) is 7.07. The van der Waals surface area contributed by atoms with Gasteiger partial charge in [0.25, 0.3) is 5.91 Å². The van der Waals surface area contributed by atoms with Crippen molar-refractivity contribution in [2.45, 2.75) is 25.7 Å². The highest BCUT2D eigenvalue weighted by molar-refractivity contribution is 9.10. The fourth-order valence-electron chi connectivity index (χ4n) is 3.37. The predicted molar refractivity (Wildman–Crippen MR) is 98.0 cm³/mol. The summed E-state index contributed by atoms with van der Waals surface area (Å²) in [5.74, 6) is 0.795. The second-order valence-electron chi connectivity index (χ2n) is 6.68. The zero-order valence-electron chi connectivity index (χ0n) is 14.0. The third kappa shape index (κ3) is 3.13. The number of nitrogens with two attached hydrogens (primary N) is 1. The highest BCUT2D eigenvalue weighted by atomic mass is 79.9. The highest BCUT2D eigenvalue weighted by Gasteiger charge is 2.37. The molecule has 3 N–H and O–H groups in total. The van der Waals surface area contributed by atoms with Gasteiger partial charge >= 0.3 is 0 Å². The number of likely N-dealkylation sites (tertiary alicyclic amines) is 1. The van der Waals surface area contributed by atoms with E-state index in [4.69, 9.17) is 5.73 Å². The standard InChI is InChI=1S/C18H23BrN4O/c1-11(2)16-15(19)17(22-21-16)18(24)23-9-13(8-20)14(10-23)12-6-4-3-5-7-12/h3-7,11,13-14H,8-10,20H2,1-2H3,(H,21,22)/t13-,14+/m1/s1. The number of aromatic nitrogens is 2. The minimum atomic E-state index is -0.0399. The summed E-state index contributed by atoms with van der Waals surface area (Å²) < 4.78 is 0.773. The quantitative estimate of drug-likeness (QED) is 0.841. The van der Waals surface area contributed by atoms with Gasteiger partial charge in [-0.05, 0) is 39.9 Å². The maximum Gasteiger partial charge on any atom is 0.275 e. The van der Waals surface area contributed by atoms with Crippen LogP contribution in [0, 0.1) is 5.92 Å². The van der Waals surface area contributed by atoms with Gasteiger partial charge in [0.05, 0.1) is 10.2 Å². The fourth-order valence-corrected chi connectivity index (χ4v) is 4.17. The number of hydrogen-bond donors (Lipinski definition) is 2. The van der Waals surface area contributed by atoms with E-state index in [-0.39, 0.29) is 23.7 Å². The minimum Gasteiger partial charge on any atom is -0.336 e. The van der Waals surface area contributed by atoms with Crippen LogP contribution in [-0.2, 0) is 0 Å². The van der Waals surface area contributed by atoms with E-state index >= 15 is 0 Å². The zero-order chi connectivity index (χ0) is 17.3.